The van der Waals surface area contributed by atoms with Crippen molar-refractivity contribution in [2.24, 2.45) is 4.99 Å². The molecule has 0 spiro atoms. The van der Waals surface area contributed by atoms with Crippen molar-refractivity contribution in [2.75, 3.05) is 32.2 Å². The molecule has 1 aliphatic heterocycles. The zero-order chi connectivity index (χ0) is 26.0. The van der Waals surface area contributed by atoms with Crippen LogP contribution in [0.15, 0.2) is 57.8 Å². The molecular weight excluding hydrogens is 478 g/mol. The van der Waals surface area contributed by atoms with Gasteiger partial charge in [0.15, 0.2) is 16.3 Å². The Balaban J connectivity index is 1.89. The van der Waals surface area contributed by atoms with E-state index < -0.39 is 12.0 Å². The van der Waals surface area contributed by atoms with Crippen LogP contribution in [0.25, 0.3) is 11.8 Å². The number of phenolic OH excluding ortho intramolecular Hbond substituents is 1. The van der Waals surface area contributed by atoms with E-state index in [4.69, 9.17) is 14.5 Å². The second-order valence-electron chi connectivity index (χ2n) is 8.43. The number of rotatable bonds is 7. The van der Waals surface area contributed by atoms with Crippen molar-refractivity contribution in [3.05, 3.63) is 78.9 Å². The number of nitrogens with zero attached hydrogens (tertiary/aromatic N) is 3. The standard InChI is InChI=1S/C27H29N3O5S/c1-6-34-21-15-18(10-13-20(21)31)24-23(26(33)35-7-2)16(3)30-25(32)22(36-27(30)28-24)14-17-8-11-19(12-9-17)29(4)5/h8-15,24,31H,6-7H2,1-5H3/b22-14-/t24-/m0/s1. The summed E-state index contributed by atoms with van der Waals surface area (Å²) in [6, 6.07) is 12.0. The predicted octanol–water partition coefficient (Wildman–Crippen LogP) is 3.08. The number of carbonyl (C=O) groups excluding carboxylic acids is 1. The number of esters is 1. The van der Waals surface area contributed by atoms with Crippen molar-refractivity contribution < 1.29 is 19.4 Å². The van der Waals surface area contributed by atoms with E-state index in [-0.39, 0.29) is 23.5 Å². The van der Waals surface area contributed by atoms with Gasteiger partial charge in [-0.05, 0) is 62.2 Å². The Kier molecular flexibility index (Phi) is 7.30. The lowest BCUT2D eigenvalue weighted by Gasteiger charge is -2.22. The number of hydrogen-bond acceptors (Lipinski definition) is 8. The predicted molar refractivity (Wildman–Crippen MR) is 141 cm³/mol. The molecule has 4 rings (SSSR count). The van der Waals surface area contributed by atoms with Gasteiger partial charge in [0.25, 0.3) is 5.56 Å². The van der Waals surface area contributed by atoms with Crippen LogP contribution in [0.3, 0.4) is 0 Å². The number of hydrogen-bond donors (Lipinski definition) is 1. The first-order valence-electron chi connectivity index (χ1n) is 11.7. The van der Waals surface area contributed by atoms with Crippen molar-refractivity contribution in [3.8, 4) is 11.5 Å². The fourth-order valence-electron chi connectivity index (χ4n) is 4.05. The smallest absolute Gasteiger partial charge is 0.338 e. The van der Waals surface area contributed by atoms with Gasteiger partial charge in [0.2, 0.25) is 0 Å². The largest absolute Gasteiger partial charge is 0.504 e. The highest BCUT2D eigenvalue weighted by molar-refractivity contribution is 7.07. The van der Waals surface area contributed by atoms with Crippen molar-refractivity contribution in [2.45, 2.75) is 26.8 Å². The highest BCUT2D eigenvalue weighted by Crippen LogP contribution is 2.36. The second kappa shape index (κ2) is 10.4. The van der Waals surface area contributed by atoms with Crippen LogP contribution >= 0.6 is 11.3 Å². The Bertz CT molecular complexity index is 1500. The van der Waals surface area contributed by atoms with Gasteiger partial charge in [-0.15, -0.1) is 0 Å². The maximum atomic E-state index is 13.4. The molecule has 2 heterocycles. The lowest BCUT2D eigenvalue weighted by molar-refractivity contribution is -0.138. The number of phenols is 1. The van der Waals surface area contributed by atoms with E-state index in [0.717, 1.165) is 11.3 Å². The van der Waals surface area contributed by atoms with Gasteiger partial charge in [-0.3, -0.25) is 9.36 Å². The van der Waals surface area contributed by atoms with E-state index in [1.54, 1.807) is 26.0 Å². The third-order valence-corrected chi connectivity index (χ3v) is 6.83. The van der Waals surface area contributed by atoms with Crippen molar-refractivity contribution in [3.63, 3.8) is 0 Å². The zero-order valence-electron chi connectivity index (χ0n) is 20.9. The summed E-state index contributed by atoms with van der Waals surface area (Å²) >= 11 is 1.27. The second-order valence-corrected chi connectivity index (χ2v) is 9.44. The first-order chi connectivity index (χ1) is 17.2. The molecule has 0 bridgehead atoms. The Labute approximate surface area is 213 Å². The van der Waals surface area contributed by atoms with E-state index in [2.05, 4.69) is 0 Å². The van der Waals surface area contributed by atoms with Gasteiger partial charge in [0.05, 0.1) is 23.3 Å². The van der Waals surface area contributed by atoms with E-state index >= 15 is 0 Å². The summed E-state index contributed by atoms with van der Waals surface area (Å²) in [6.07, 6.45) is 1.83. The molecule has 9 heteroatoms. The van der Waals surface area contributed by atoms with Gasteiger partial charge in [0, 0.05) is 25.5 Å². The highest BCUT2D eigenvalue weighted by Gasteiger charge is 2.32. The summed E-state index contributed by atoms with van der Waals surface area (Å²) in [6.45, 7) is 5.84. The maximum Gasteiger partial charge on any atom is 0.338 e. The average molecular weight is 508 g/mol. The van der Waals surface area contributed by atoms with Gasteiger partial charge in [-0.1, -0.05) is 29.5 Å². The lowest BCUT2D eigenvalue weighted by atomic mass is 9.96. The molecule has 188 valence electrons. The summed E-state index contributed by atoms with van der Waals surface area (Å²) in [5.74, 6) is -0.237. The zero-order valence-corrected chi connectivity index (χ0v) is 21.8. The van der Waals surface area contributed by atoms with Crippen LogP contribution < -0.4 is 24.5 Å². The van der Waals surface area contributed by atoms with E-state index in [0.29, 0.717) is 33.0 Å². The van der Waals surface area contributed by atoms with Crippen LogP contribution in [0.4, 0.5) is 5.69 Å². The molecule has 0 saturated carbocycles. The molecule has 1 N–H and O–H groups in total. The minimum Gasteiger partial charge on any atom is -0.504 e. The maximum absolute atomic E-state index is 13.4. The molecule has 1 atom stereocenters. The molecule has 0 aliphatic carbocycles. The number of carbonyl (C=O) groups is 1. The molecule has 2 aromatic carbocycles. The Hall–Kier alpha value is -3.85. The molecular formula is C27H29N3O5S. The Morgan fingerprint density at radius 1 is 1.17 bits per heavy atom. The highest BCUT2D eigenvalue weighted by atomic mass is 32.1. The number of anilines is 1. The number of thiazole rings is 1. The molecule has 36 heavy (non-hydrogen) atoms. The SMILES string of the molecule is CCOC(=O)C1=C(C)n2c(s/c(=C\c3ccc(N(C)C)cc3)c2=O)=N[C@H]1c1ccc(O)c(OCC)c1. The van der Waals surface area contributed by atoms with Gasteiger partial charge >= 0.3 is 5.97 Å². The quantitative estimate of drug-likeness (QED) is 0.494. The number of fused-ring (bicyclic) bond motifs is 1. The van der Waals surface area contributed by atoms with E-state index in [1.807, 2.05) is 56.3 Å². The molecule has 3 aromatic rings. The van der Waals surface area contributed by atoms with Gasteiger partial charge in [0.1, 0.15) is 6.04 Å². The third kappa shape index (κ3) is 4.79. The number of benzene rings is 2. The molecule has 1 aromatic heterocycles. The molecule has 0 amide bonds. The number of aromatic hydroxyl groups is 1. The van der Waals surface area contributed by atoms with E-state index in [1.165, 1.54) is 22.0 Å². The Morgan fingerprint density at radius 3 is 2.53 bits per heavy atom. The summed E-state index contributed by atoms with van der Waals surface area (Å²) in [7, 11) is 3.94. The van der Waals surface area contributed by atoms with Crippen LogP contribution in [0.1, 0.15) is 37.9 Å². The number of ether oxygens (including phenoxy) is 2. The van der Waals surface area contributed by atoms with Gasteiger partial charge in [-0.2, -0.15) is 0 Å². The van der Waals surface area contributed by atoms with Crippen LogP contribution in [0.5, 0.6) is 11.5 Å². The van der Waals surface area contributed by atoms with Crippen LogP contribution in [-0.4, -0.2) is 43.0 Å². The van der Waals surface area contributed by atoms with Crippen molar-refractivity contribution in [1.29, 1.82) is 0 Å². The summed E-state index contributed by atoms with van der Waals surface area (Å²) in [5, 5.41) is 10.2. The van der Waals surface area contributed by atoms with Gasteiger partial charge < -0.3 is 19.5 Å². The number of allylic oxidation sites excluding steroid dienone is 1. The lowest BCUT2D eigenvalue weighted by Crippen LogP contribution is -2.35. The molecule has 8 nitrogen and oxygen atoms in total. The van der Waals surface area contributed by atoms with Crippen LogP contribution in [-0.2, 0) is 9.53 Å². The molecule has 0 radical (unpaired) electrons. The van der Waals surface area contributed by atoms with Crippen LogP contribution in [0, 0.1) is 0 Å². The fraction of sp³-hybridized carbons (Fsp3) is 0.296. The Morgan fingerprint density at radius 2 is 1.89 bits per heavy atom. The molecule has 0 saturated heterocycles. The van der Waals surface area contributed by atoms with Gasteiger partial charge in [-0.25, -0.2) is 9.79 Å². The molecule has 0 unspecified atom stereocenters. The molecule has 1 aliphatic rings. The monoisotopic (exact) mass is 507 g/mol. The third-order valence-electron chi connectivity index (χ3n) is 5.85. The van der Waals surface area contributed by atoms with Crippen molar-refractivity contribution >= 4 is 34.8 Å². The fourth-order valence-corrected chi connectivity index (χ4v) is 5.09. The minimum atomic E-state index is -0.714. The molecule has 0 fully saturated rings. The normalized spacial score (nSPS) is 15.4. The van der Waals surface area contributed by atoms with Crippen LogP contribution in [0.2, 0.25) is 0 Å². The summed E-state index contributed by atoms with van der Waals surface area (Å²) in [4.78, 5) is 33.7. The first-order valence-corrected chi connectivity index (χ1v) is 12.5. The number of aromatic nitrogens is 1. The van der Waals surface area contributed by atoms with Crippen molar-refractivity contribution in [1.82, 2.24) is 4.57 Å². The average Bonchev–Trinajstić information content (AvgIpc) is 3.16. The summed E-state index contributed by atoms with van der Waals surface area (Å²) < 4.78 is 12.8. The first kappa shape index (κ1) is 25.2. The minimum absolute atomic E-state index is 0.000000586. The summed E-state index contributed by atoms with van der Waals surface area (Å²) in [5.41, 5.74) is 3.10. The topological polar surface area (TPSA) is 93.4 Å². The van der Waals surface area contributed by atoms with E-state index in [9.17, 15) is 14.7 Å².